The van der Waals surface area contributed by atoms with Crippen LogP contribution in [0.1, 0.15) is 13.3 Å². The fourth-order valence-electron chi connectivity index (χ4n) is 0.809. The normalized spacial score (nSPS) is 30.8. The fraction of sp³-hybridized carbons (Fsp3) is 0.833. The Morgan fingerprint density at radius 1 is 1.73 bits per heavy atom. The maximum absolute atomic E-state index is 12.4. The van der Waals surface area contributed by atoms with Gasteiger partial charge in [-0.05, 0) is 13.3 Å². The quantitative estimate of drug-likeness (QED) is 0.567. The lowest BCUT2D eigenvalue weighted by Crippen LogP contribution is -2.42. The molecule has 1 aliphatic rings. The van der Waals surface area contributed by atoms with Gasteiger partial charge in [0.05, 0.1) is 6.61 Å². The number of amides is 1. The highest BCUT2D eigenvalue weighted by Gasteiger charge is 2.42. The van der Waals surface area contributed by atoms with Crippen molar-refractivity contribution in [2.24, 2.45) is 0 Å². The van der Waals surface area contributed by atoms with Crippen LogP contribution >= 0.6 is 0 Å². The predicted octanol–water partition coefficient (Wildman–Crippen LogP) is 0.504. The summed E-state index contributed by atoms with van der Waals surface area (Å²) < 4.78 is 28.8. The number of hydrogen-bond donors (Lipinski definition) is 1. The van der Waals surface area contributed by atoms with Crippen LogP contribution in [0.25, 0.3) is 0 Å². The lowest BCUT2D eigenvalue weighted by molar-refractivity contribution is -0.226. The van der Waals surface area contributed by atoms with Gasteiger partial charge in [-0.25, -0.2) is 0 Å². The molecule has 11 heavy (non-hydrogen) atoms. The first kappa shape index (κ1) is 8.39. The highest BCUT2D eigenvalue weighted by molar-refractivity contribution is 5.82. The number of rotatable bonds is 0. The summed E-state index contributed by atoms with van der Waals surface area (Å²) in [5, 5.41) is 2.12. The third kappa shape index (κ3) is 1.86. The molecule has 0 aromatic carbocycles. The Bertz CT molecular complexity index is 172. The van der Waals surface area contributed by atoms with E-state index in [1.807, 2.05) is 0 Å². The molecule has 0 aromatic heterocycles. The lowest BCUT2D eigenvalue weighted by atomic mass is 10.2. The zero-order valence-corrected chi connectivity index (χ0v) is 6.06. The molecule has 64 valence electrons. The summed E-state index contributed by atoms with van der Waals surface area (Å²) in [6.07, 6.45) is -3.23. The van der Waals surface area contributed by atoms with Gasteiger partial charge < -0.3 is 10.1 Å². The number of alkyl halides is 2. The van der Waals surface area contributed by atoms with Crippen LogP contribution in [0.2, 0.25) is 0 Å². The summed E-state index contributed by atoms with van der Waals surface area (Å²) in [7, 11) is 0. The van der Waals surface area contributed by atoms with Gasteiger partial charge in [0.15, 0.2) is 0 Å². The number of ether oxygens (including phenoxy) is 1. The van der Waals surface area contributed by atoms with E-state index in [0.717, 1.165) is 0 Å². The van der Waals surface area contributed by atoms with E-state index in [9.17, 15) is 13.6 Å². The van der Waals surface area contributed by atoms with Crippen molar-refractivity contribution < 1.29 is 18.3 Å². The van der Waals surface area contributed by atoms with Gasteiger partial charge in [-0.1, -0.05) is 0 Å². The summed E-state index contributed by atoms with van der Waals surface area (Å²) in [5.41, 5.74) is 0. The fourth-order valence-corrected chi connectivity index (χ4v) is 0.809. The van der Waals surface area contributed by atoms with E-state index in [4.69, 9.17) is 0 Å². The molecule has 0 aliphatic carbocycles. The third-order valence-electron chi connectivity index (χ3n) is 1.48. The van der Waals surface area contributed by atoms with Gasteiger partial charge in [-0.15, -0.1) is 0 Å². The van der Waals surface area contributed by atoms with E-state index in [2.05, 4.69) is 10.1 Å². The maximum Gasteiger partial charge on any atom is 0.436 e. The second-order valence-corrected chi connectivity index (χ2v) is 2.53. The second kappa shape index (κ2) is 2.73. The molecule has 0 spiro atoms. The van der Waals surface area contributed by atoms with Crippen LogP contribution in [0.15, 0.2) is 0 Å². The molecule has 1 amide bonds. The molecule has 1 N–H and O–H groups in total. The maximum atomic E-state index is 12.4. The highest BCUT2D eigenvalue weighted by Crippen LogP contribution is 2.18. The van der Waals surface area contributed by atoms with Gasteiger partial charge in [0, 0.05) is 6.04 Å². The van der Waals surface area contributed by atoms with E-state index in [-0.39, 0.29) is 12.6 Å². The minimum atomic E-state index is -3.65. The van der Waals surface area contributed by atoms with Crippen LogP contribution in [0, 0.1) is 0 Å². The molecule has 0 radical (unpaired) electrons. The van der Waals surface area contributed by atoms with Crippen LogP contribution in [0.5, 0.6) is 0 Å². The van der Waals surface area contributed by atoms with Gasteiger partial charge in [0.25, 0.3) is 0 Å². The first-order valence-electron chi connectivity index (χ1n) is 3.35. The average molecular weight is 165 g/mol. The first-order valence-corrected chi connectivity index (χ1v) is 3.35. The van der Waals surface area contributed by atoms with E-state index in [1.165, 1.54) is 0 Å². The van der Waals surface area contributed by atoms with Gasteiger partial charge in [0.1, 0.15) is 0 Å². The number of carbonyl (C=O) groups excluding carboxylic acids is 1. The zero-order chi connectivity index (χ0) is 8.48. The summed E-state index contributed by atoms with van der Waals surface area (Å²) in [5.74, 6) is -1.34. The summed E-state index contributed by atoms with van der Waals surface area (Å²) in [6, 6.07) is -0.240. The van der Waals surface area contributed by atoms with Crippen LogP contribution in [-0.2, 0) is 9.53 Å². The molecule has 5 heteroatoms. The van der Waals surface area contributed by atoms with Gasteiger partial charge >= 0.3 is 12.0 Å². The van der Waals surface area contributed by atoms with E-state index < -0.39 is 12.0 Å². The molecule has 1 atom stereocenters. The van der Waals surface area contributed by atoms with Crippen molar-refractivity contribution in [3.8, 4) is 0 Å². The minimum Gasteiger partial charge on any atom is -0.346 e. The highest BCUT2D eigenvalue weighted by atomic mass is 19.3. The molecule has 0 aromatic rings. The smallest absolute Gasteiger partial charge is 0.346 e. The number of carbonyl (C=O) groups is 1. The molecular weight excluding hydrogens is 156 g/mol. The average Bonchev–Trinajstić information content (AvgIpc) is 1.94. The SMILES string of the molecule is CC1CCOC(F)(F)C(=O)N1. The Morgan fingerprint density at radius 3 is 3.00 bits per heavy atom. The van der Waals surface area contributed by atoms with Crippen molar-refractivity contribution >= 4 is 5.91 Å². The molecular formula is C6H9F2NO2. The Labute approximate surface area is 62.7 Å². The summed E-state index contributed by atoms with van der Waals surface area (Å²) >= 11 is 0. The zero-order valence-electron chi connectivity index (χ0n) is 6.06. The predicted molar refractivity (Wildman–Crippen MR) is 33.1 cm³/mol. The Morgan fingerprint density at radius 2 is 2.36 bits per heavy atom. The first-order chi connectivity index (χ1) is 5.02. The topological polar surface area (TPSA) is 38.3 Å². The number of halogens is 2. The number of nitrogens with one attached hydrogen (secondary N) is 1. The van der Waals surface area contributed by atoms with E-state index in [0.29, 0.717) is 6.42 Å². The van der Waals surface area contributed by atoms with Crippen molar-refractivity contribution in [3.63, 3.8) is 0 Å². The second-order valence-electron chi connectivity index (χ2n) is 2.53. The molecule has 1 fully saturated rings. The molecule has 1 unspecified atom stereocenters. The van der Waals surface area contributed by atoms with Crippen molar-refractivity contribution in [1.29, 1.82) is 0 Å². The number of hydrogen-bond acceptors (Lipinski definition) is 2. The standard InChI is InChI=1S/C6H9F2NO2/c1-4-2-3-11-6(7,8)5(10)9-4/h4H,2-3H2,1H3,(H,9,10). The van der Waals surface area contributed by atoms with Crippen molar-refractivity contribution in [1.82, 2.24) is 5.32 Å². The molecule has 1 saturated heterocycles. The molecule has 1 aliphatic heterocycles. The van der Waals surface area contributed by atoms with Gasteiger partial charge in [-0.3, -0.25) is 4.79 Å². The van der Waals surface area contributed by atoms with E-state index >= 15 is 0 Å². The summed E-state index contributed by atoms with van der Waals surface area (Å²) in [6.45, 7) is 1.57. The van der Waals surface area contributed by atoms with Crippen LogP contribution in [0.3, 0.4) is 0 Å². The Balaban J connectivity index is 2.66. The molecule has 0 saturated carbocycles. The van der Waals surface area contributed by atoms with Crippen molar-refractivity contribution in [2.45, 2.75) is 25.5 Å². The van der Waals surface area contributed by atoms with E-state index in [1.54, 1.807) is 6.92 Å². The molecule has 3 nitrogen and oxygen atoms in total. The monoisotopic (exact) mass is 165 g/mol. The van der Waals surface area contributed by atoms with Crippen LogP contribution in [-0.4, -0.2) is 24.7 Å². The van der Waals surface area contributed by atoms with Crippen LogP contribution < -0.4 is 5.32 Å². The van der Waals surface area contributed by atoms with Gasteiger partial charge in [-0.2, -0.15) is 8.78 Å². The minimum absolute atomic E-state index is 0.0904. The van der Waals surface area contributed by atoms with Crippen LogP contribution in [0.4, 0.5) is 8.78 Å². The summed E-state index contributed by atoms with van der Waals surface area (Å²) in [4.78, 5) is 10.6. The molecule has 1 rings (SSSR count). The lowest BCUT2D eigenvalue weighted by Gasteiger charge is -2.11. The largest absolute Gasteiger partial charge is 0.436 e. The Hall–Kier alpha value is -0.710. The third-order valence-corrected chi connectivity index (χ3v) is 1.48. The molecule has 0 bridgehead atoms. The van der Waals surface area contributed by atoms with Gasteiger partial charge in [0.2, 0.25) is 0 Å². The molecule has 1 heterocycles. The van der Waals surface area contributed by atoms with Crippen molar-refractivity contribution in [2.75, 3.05) is 6.61 Å². The van der Waals surface area contributed by atoms with Crippen molar-refractivity contribution in [3.05, 3.63) is 0 Å². The Kier molecular flexibility index (Phi) is 2.08.